The maximum absolute atomic E-state index is 12.1. The third-order valence-electron chi connectivity index (χ3n) is 4.31. The lowest BCUT2D eigenvalue weighted by atomic mass is 10.2. The number of halogens is 1. The topological polar surface area (TPSA) is 56.1 Å². The van der Waals surface area contributed by atoms with Crippen LogP contribution < -0.4 is 10.1 Å². The summed E-state index contributed by atoms with van der Waals surface area (Å²) in [6, 6.07) is 13.8. The number of ether oxygens (including phenoxy) is 1. The number of aromatic nitrogens is 2. The second kappa shape index (κ2) is 8.86. The predicted octanol–water partition coefficient (Wildman–Crippen LogP) is 4.34. The van der Waals surface area contributed by atoms with Crippen molar-refractivity contribution < 1.29 is 9.53 Å². The summed E-state index contributed by atoms with van der Waals surface area (Å²) >= 11 is 3.43. The molecule has 0 aliphatic heterocycles. The highest BCUT2D eigenvalue weighted by atomic mass is 79.9. The highest BCUT2D eigenvalue weighted by Crippen LogP contribution is 2.24. The molecular weight excluding hydrogens is 406 g/mol. The van der Waals surface area contributed by atoms with Gasteiger partial charge in [0.2, 0.25) is 5.91 Å². The third-order valence-corrected chi connectivity index (χ3v) is 4.80. The number of para-hydroxylation sites is 2. The smallest absolute Gasteiger partial charge is 0.244 e. The number of methoxy groups -OCH3 is 1. The molecule has 5 nitrogen and oxygen atoms in total. The SMILES string of the molecule is COc1ccc(Br)cc1C=CC(=O)NCCCn1c(C)nc2ccccc21. The van der Waals surface area contributed by atoms with Crippen molar-refractivity contribution >= 4 is 38.9 Å². The number of aryl methyl sites for hydroxylation is 2. The van der Waals surface area contributed by atoms with E-state index in [-0.39, 0.29) is 5.91 Å². The Morgan fingerprint density at radius 3 is 2.93 bits per heavy atom. The van der Waals surface area contributed by atoms with E-state index in [0.717, 1.165) is 45.6 Å². The fourth-order valence-electron chi connectivity index (χ4n) is 2.99. The fourth-order valence-corrected chi connectivity index (χ4v) is 3.37. The molecule has 1 heterocycles. The fraction of sp³-hybridized carbons (Fsp3) is 0.238. The van der Waals surface area contributed by atoms with Crippen molar-refractivity contribution in [1.82, 2.24) is 14.9 Å². The highest BCUT2D eigenvalue weighted by molar-refractivity contribution is 9.10. The molecule has 1 N–H and O–H groups in total. The second-order valence-electron chi connectivity index (χ2n) is 6.16. The van der Waals surface area contributed by atoms with Crippen LogP contribution in [0.5, 0.6) is 5.75 Å². The molecule has 0 bridgehead atoms. The molecule has 140 valence electrons. The number of nitrogens with zero attached hydrogens (tertiary/aromatic N) is 2. The minimum absolute atomic E-state index is 0.121. The Labute approximate surface area is 167 Å². The predicted molar refractivity (Wildman–Crippen MR) is 112 cm³/mol. The first kappa shape index (κ1) is 19.2. The van der Waals surface area contributed by atoms with Crippen LogP contribution in [0.3, 0.4) is 0 Å². The standard InChI is InChI=1S/C21H22BrN3O2/c1-15-24-18-6-3-4-7-19(18)25(15)13-5-12-23-21(26)11-8-16-14-17(22)9-10-20(16)27-2/h3-4,6-11,14H,5,12-13H2,1-2H3,(H,23,26). The van der Waals surface area contributed by atoms with Crippen LogP contribution in [-0.2, 0) is 11.3 Å². The van der Waals surface area contributed by atoms with Crippen LogP contribution in [-0.4, -0.2) is 29.1 Å². The quantitative estimate of drug-likeness (QED) is 0.450. The monoisotopic (exact) mass is 427 g/mol. The van der Waals surface area contributed by atoms with Crippen molar-refractivity contribution in [2.24, 2.45) is 0 Å². The lowest BCUT2D eigenvalue weighted by molar-refractivity contribution is -0.116. The van der Waals surface area contributed by atoms with Crippen molar-refractivity contribution in [1.29, 1.82) is 0 Å². The van der Waals surface area contributed by atoms with Gasteiger partial charge in [-0.05, 0) is 49.8 Å². The molecule has 0 radical (unpaired) electrons. The molecule has 0 aliphatic rings. The van der Waals surface area contributed by atoms with Gasteiger partial charge in [0.25, 0.3) is 0 Å². The first-order chi connectivity index (χ1) is 13.1. The normalized spacial score (nSPS) is 11.2. The zero-order valence-corrected chi connectivity index (χ0v) is 17.0. The van der Waals surface area contributed by atoms with E-state index >= 15 is 0 Å². The molecule has 2 aromatic carbocycles. The zero-order valence-electron chi connectivity index (χ0n) is 15.4. The summed E-state index contributed by atoms with van der Waals surface area (Å²) in [6.45, 7) is 3.42. The van der Waals surface area contributed by atoms with Gasteiger partial charge in [-0.1, -0.05) is 28.1 Å². The van der Waals surface area contributed by atoms with Crippen LogP contribution in [0.4, 0.5) is 0 Å². The first-order valence-corrected chi connectivity index (χ1v) is 9.59. The van der Waals surface area contributed by atoms with Crippen LogP contribution in [0, 0.1) is 6.92 Å². The minimum Gasteiger partial charge on any atom is -0.496 e. The van der Waals surface area contributed by atoms with E-state index in [9.17, 15) is 4.79 Å². The Morgan fingerprint density at radius 1 is 1.30 bits per heavy atom. The van der Waals surface area contributed by atoms with E-state index in [4.69, 9.17) is 4.74 Å². The van der Waals surface area contributed by atoms with Gasteiger partial charge in [-0.2, -0.15) is 0 Å². The minimum atomic E-state index is -0.121. The average Bonchev–Trinajstić information content (AvgIpc) is 2.99. The Balaban J connectivity index is 1.53. The summed E-state index contributed by atoms with van der Waals surface area (Å²) in [7, 11) is 1.61. The number of hydrogen-bond acceptors (Lipinski definition) is 3. The summed E-state index contributed by atoms with van der Waals surface area (Å²) in [5.41, 5.74) is 2.98. The van der Waals surface area contributed by atoms with Gasteiger partial charge in [-0.15, -0.1) is 0 Å². The molecule has 6 heteroatoms. The second-order valence-corrected chi connectivity index (χ2v) is 7.08. The van der Waals surface area contributed by atoms with Crippen LogP contribution >= 0.6 is 15.9 Å². The molecule has 0 atom stereocenters. The van der Waals surface area contributed by atoms with Crippen molar-refractivity contribution in [3.8, 4) is 5.75 Å². The van der Waals surface area contributed by atoms with Gasteiger partial charge in [-0.3, -0.25) is 4.79 Å². The van der Waals surface area contributed by atoms with Gasteiger partial charge in [0.05, 0.1) is 18.1 Å². The Morgan fingerprint density at radius 2 is 2.11 bits per heavy atom. The largest absolute Gasteiger partial charge is 0.496 e. The summed E-state index contributed by atoms with van der Waals surface area (Å²) in [6.07, 6.45) is 4.12. The van der Waals surface area contributed by atoms with Gasteiger partial charge in [0.15, 0.2) is 0 Å². The van der Waals surface area contributed by atoms with Crippen molar-refractivity contribution in [3.63, 3.8) is 0 Å². The summed E-state index contributed by atoms with van der Waals surface area (Å²) in [5, 5.41) is 2.92. The molecule has 3 rings (SSSR count). The lowest BCUT2D eigenvalue weighted by Crippen LogP contribution is -2.23. The molecule has 27 heavy (non-hydrogen) atoms. The van der Waals surface area contributed by atoms with Crippen LogP contribution in [0.15, 0.2) is 53.0 Å². The molecular formula is C21H22BrN3O2. The highest BCUT2D eigenvalue weighted by Gasteiger charge is 2.06. The molecule has 1 amide bonds. The molecule has 0 spiro atoms. The summed E-state index contributed by atoms with van der Waals surface area (Å²) < 4.78 is 8.43. The van der Waals surface area contributed by atoms with Crippen molar-refractivity contribution in [3.05, 3.63) is 64.4 Å². The van der Waals surface area contributed by atoms with Gasteiger partial charge >= 0.3 is 0 Å². The van der Waals surface area contributed by atoms with Crippen molar-refractivity contribution in [2.75, 3.05) is 13.7 Å². The molecule has 3 aromatic rings. The maximum atomic E-state index is 12.1. The van der Waals surface area contributed by atoms with Crippen LogP contribution in [0.2, 0.25) is 0 Å². The van der Waals surface area contributed by atoms with E-state index < -0.39 is 0 Å². The van der Waals surface area contributed by atoms with Gasteiger partial charge < -0.3 is 14.6 Å². The lowest BCUT2D eigenvalue weighted by Gasteiger charge is -2.07. The number of hydrogen-bond donors (Lipinski definition) is 1. The van der Waals surface area contributed by atoms with E-state index in [1.807, 2.05) is 43.3 Å². The number of carbonyl (C=O) groups is 1. The van der Waals surface area contributed by atoms with Crippen molar-refractivity contribution in [2.45, 2.75) is 19.9 Å². The zero-order chi connectivity index (χ0) is 19.2. The van der Waals surface area contributed by atoms with Gasteiger partial charge in [0.1, 0.15) is 11.6 Å². The number of nitrogens with one attached hydrogen (secondary N) is 1. The molecule has 0 saturated carbocycles. The third kappa shape index (κ3) is 4.77. The summed E-state index contributed by atoms with van der Waals surface area (Å²) in [5.74, 6) is 1.60. The number of carbonyl (C=O) groups excluding carboxylic acids is 1. The first-order valence-electron chi connectivity index (χ1n) is 8.80. The molecule has 0 unspecified atom stereocenters. The average molecular weight is 428 g/mol. The van der Waals surface area contributed by atoms with Gasteiger partial charge in [0, 0.05) is 29.2 Å². The Kier molecular flexibility index (Phi) is 6.29. The maximum Gasteiger partial charge on any atom is 0.244 e. The number of rotatable bonds is 7. The molecule has 0 fully saturated rings. The molecule has 0 saturated heterocycles. The Hall–Kier alpha value is -2.60. The number of imidazole rings is 1. The van der Waals surface area contributed by atoms with Crippen LogP contribution in [0.1, 0.15) is 17.8 Å². The van der Waals surface area contributed by atoms with Crippen LogP contribution in [0.25, 0.3) is 17.1 Å². The molecule has 1 aromatic heterocycles. The molecule has 0 aliphatic carbocycles. The van der Waals surface area contributed by atoms with E-state index in [1.54, 1.807) is 13.2 Å². The number of amides is 1. The Bertz CT molecular complexity index is 979. The number of benzene rings is 2. The van der Waals surface area contributed by atoms with Gasteiger partial charge in [-0.25, -0.2) is 4.98 Å². The van der Waals surface area contributed by atoms with E-state index in [0.29, 0.717) is 6.54 Å². The van der Waals surface area contributed by atoms with E-state index in [2.05, 4.69) is 36.9 Å². The van der Waals surface area contributed by atoms with E-state index in [1.165, 1.54) is 6.08 Å². The number of fused-ring (bicyclic) bond motifs is 1. The summed E-state index contributed by atoms with van der Waals surface area (Å²) in [4.78, 5) is 16.6.